The van der Waals surface area contributed by atoms with Gasteiger partial charge in [-0.25, -0.2) is 4.98 Å². The van der Waals surface area contributed by atoms with Crippen LogP contribution in [0.15, 0.2) is 46.9 Å². The van der Waals surface area contributed by atoms with Crippen molar-refractivity contribution in [1.29, 1.82) is 0 Å². The topological polar surface area (TPSA) is 76.4 Å². The molecule has 0 fully saturated rings. The number of anilines is 1. The van der Waals surface area contributed by atoms with Gasteiger partial charge in [-0.05, 0) is 48.6 Å². The van der Waals surface area contributed by atoms with E-state index in [2.05, 4.69) is 15.6 Å². The van der Waals surface area contributed by atoms with Crippen LogP contribution in [0, 0.1) is 5.92 Å². The number of oxazole rings is 1. The predicted octanol–water partition coefficient (Wildman–Crippen LogP) is 3.97. The van der Waals surface area contributed by atoms with Gasteiger partial charge in [0, 0.05) is 17.2 Å². The number of carbonyl (C=O) groups is 1. The number of thiocarbonyl (C=S) groups is 1. The van der Waals surface area contributed by atoms with Gasteiger partial charge in [0.2, 0.25) is 11.8 Å². The fourth-order valence-corrected chi connectivity index (χ4v) is 2.52. The molecule has 0 saturated heterocycles. The molecule has 0 bridgehead atoms. The molecule has 0 radical (unpaired) electrons. The van der Waals surface area contributed by atoms with Gasteiger partial charge in [-0.15, -0.1) is 0 Å². The molecular weight excluding hydrogens is 350 g/mol. The summed E-state index contributed by atoms with van der Waals surface area (Å²) in [6.07, 6.45) is 0. The first-order valence-electron chi connectivity index (χ1n) is 8.13. The highest BCUT2D eigenvalue weighted by atomic mass is 32.1. The standard InChI is InChI=1S/C19H19N3O3S/c1-11(2)17(23)22-19(26)20-13-7-8-16-15(10-13)21-18(25-16)12-5-4-6-14(9-12)24-3/h4-11H,1-3H3,(H2,20,22,23,26). The van der Waals surface area contributed by atoms with Gasteiger partial charge < -0.3 is 19.8 Å². The lowest BCUT2D eigenvalue weighted by molar-refractivity contribution is -0.122. The van der Waals surface area contributed by atoms with E-state index < -0.39 is 0 Å². The molecule has 0 aliphatic rings. The third kappa shape index (κ3) is 4.00. The maximum atomic E-state index is 11.7. The number of hydrogen-bond donors (Lipinski definition) is 2. The largest absolute Gasteiger partial charge is 0.497 e. The molecule has 7 heteroatoms. The lowest BCUT2D eigenvalue weighted by atomic mass is 10.2. The van der Waals surface area contributed by atoms with Crippen LogP contribution in [-0.2, 0) is 4.79 Å². The van der Waals surface area contributed by atoms with E-state index >= 15 is 0 Å². The molecule has 6 nitrogen and oxygen atoms in total. The molecule has 0 saturated carbocycles. The highest BCUT2D eigenvalue weighted by Crippen LogP contribution is 2.28. The van der Waals surface area contributed by atoms with Crippen molar-refractivity contribution in [1.82, 2.24) is 10.3 Å². The molecule has 134 valence electrons. The summed E-state index contributed by atoms with van der Waals surface area (Å²) >= 11 is 5.16. The number of nitrogens with one attached hydrogen (secondary N) is 2. The number of carbonyl (C=O) groups excluding carboxylic acids is 1. The van der Waals surface area contributed by atoms with Gasteiger partial charge in [0.1, 0.15) is 11.3 Å². The van der Waals surface area contributed by atoms with Crippen LogP contribution in [0.1, 0.15) is 13.8 Å². The Morgan fingerprint density at radius 1 is 1.23 bits per heavy atom. The number of methoxy groups -OCH3 is 1. The Morgan fingerprint density at radius 3 is 2.77 bits per heavy atom. The van der Waals surface area contributed by atoms with Crippen LogP contribution >= 0.6 is 12.2 Å². The minimum atomic E-state index is -0.141. The third-order valence-electron chi connectivity index (χ3n) is 3.72. The Bertz CT molecular complexity index is 966. The third-order valence-corrected chi connectivity index (χ3v) is 3.93. The van der Waals surface area contributed by atoms with E-state index in [1.165, 1.54) is 0 Å². The molecule has 0 aliphatic heterocycles. The summed E-state index contributed by atoms with van der Waals surface area (Å²) in [5.41, 5.74) is 2.89. The van der Waals surface area contributed by atoms with Crippen molar-refractivity contribution < 1.29 is 13.9 Å². The summed E-state index contributed by atoms with van der Waals surface area (Å²) in [7, 11) is 1.62. The van der Waals surface area contributed by atoms with Gasteiger partial charge in [0.15, 0.2) is 10.7 Å². The molecule has 2 aromatic carbocycles. The molecule has 0 aliphatic carbocycles. The van der Waals surface area contributed by atoms with Crippen molar-refractivity contribution in [3.05, 3.63) is 42.5 Å². The van der Waals surface area contributed by atoms with Crippen LogP contribution in [-0.4, -0.2) is 23.1 Å². The predicted molar refractivity (Wildman–Crippen MR) is 105 cm³/mol. The smallest absolute Gasteiger partial charge is 0.228 e. The number of aromatic nitrogens is 1. The second-order valence-corrected chi connectivity index (χ2v) is 6.44. The van der Waals surface area contributed by atoms with Crippen LogP contribution in [0.3, 0.4) is 0 Å². The molecule has 0 unspecified atom stereocenters. The van der Waals surface area contributed by atoms with E-state index in [-0.39, 0.29) is 16.9 Å². The minimum Gasteiger partial charge on any atom is -0.497 e. The number of amides is 1. The van der Waals surface area contributed by atoms with E-state index in [1.807, 2.05) is 36.4 Å². The first kappa shape index (κ1) is 17.9. The van der Waals surface area contributed by atoms with E-state index in [0.717, 1.165) is 17.0 Å². The van der Waals surface area contributed by atoms with Crippen LogP contribution < -0.4 is 15.4 Å². The van der Waals surface area contributed by atoms with E-state index in [0.29, 0.717) is 17.0 Å². The summed E-state index contributed by atoms with van der Waals surface area (Å²) in [5, 5.41) is 5.88. The molecular formula is C19H19N3O3S. The van der Waals surface area contributed by atoms with Gasteiger partial charge in [-0.3, -0.25) is 4.79 Å². The zero-order valence-electron chi connectivity index (χ0n) is 14.7. The Morgan fingerprint density at radius 2 is 2.04 bits per heavy atom. The summed E-state index contributed by atoms with van der Waals surface area (Å²) < 4.78 is 11.0. The lowest BCUT2D eigenvalue weighted by Gasteiger charge is -2.10. The fraction of sp³-hybridized carbons (Fsp3) is 0.211. The minimum absolute atomic E-state index is 0.134. The summed E-state index contributed by atoms with van der Waals surface area (Å²) in [5.74, 6) is 0.966. The van der Waals surface area contributed by atoms with Gasteiger partial charge in [0.25, 0.3) is 0 Å². The number of hydrogen-bond acceptors (Lipinski definition) is 5. The normalized spacial score (nSPS) is 10.8. The Kier molecular flexibility index (Phi) is 5.18. The lowest BCUT2D eigenvalue weighted by Crippen LogP contribution is -2.36. The SMILES string of the molecule is COc1cccc(-c2nc3cc(NC(=S)NC(=O)C(C)C)ccc3o2)c1. The summed E-state index contributed by atoms with van der Waals surface area (Å²) in [6.45, 7) is 3.61. The van der Waals surface area contributed by atoms with Crippen molar-refractivity contribution in [3.63, 3.8) is 0 Å². The molecule has 0 atom stereocenters. The summed E-state index contributed by atoms with van der Waals surface area (Å²) in [6, 6.07) is 12.9. The van der Waals surface area contributed by atoms with Gasteiger partial charge >= 0.3 is 0 Å². The van der Waals surface area contributed by atoms with E-state index in [9.17, 15) is 4.79 Å². The average molecular weight is 369 g/mol. The van der Waals surface area contributed by atoms with Crippen molar-refractivity contribution in [2.45, 2.75) is 13.8 Å². The van der Waals surface area contributed by atoms with Crippen molar-refractivity contribution >= 4 is 40.0 Å². The average Bonchev–Trinajstić information content (AvgIpc) is 3.05. The zero-order chi connectivity index (χ0) is 18.7. The Balaban J connectivity index is 1.81. The number of fused-ring (bicyclic) bond motifs is 1. The Labute approximate surface area is 156 Å². The summed E-state index contributed by atoms with van der Waals surface area (Å²) in [4.78, 5) is 16.2. The number of ether oxygens (including phenoxy) is 1. The maximum absolute atomic E-state index is 11.7. The van der Waals surface area contributed by atoms with Crippen molar-refractivity contribution in [2.24, 2.45) is 5.92 Å². The molecule has 1 amide bonds. The maximum Gasteiger partial charge on any atom is 0.228 e. The Hall–Kier alpha value is -2.93. The van der Waals surface area contributed by atoms with E-state index in [1.54, 1.807) is 27.0 Å². The monoisotopic (exact) mass is 369 g/mol. The van der Waals surface area contributed by atoms with Crippen molar-refractivity contribution in [3.8, 4) is 17.2 Å². The second-order valence-electron chi connectivity index (χ2n) is 6.03. The first-order valence-corrected chi connectivity index (χ1v) is 8.54. The molecule has 3 aromatic rings. The van der Waals surface area contributed by atoms with Crippen LogP contribution in [0.2, 0.25) is 0 Å². The van der Waals surface area contributed by atoms with Gasteiger partial charge in [-0.2, -0.15) is 0 Å². The van der Waals surface area contributed by atoms with Gasteiger partial charge in [0.05, 0.1) is 7.11 Å². The first-order chi connectivity index (χ1) is 12.5. The quantitative estimate of drug-likeness (QED) is 0.678. The highest BCUT2D eigenvalue weighted by Gasteiger charge is 2.12. The molecule has 1 heterocycles. The van der Waals surface area contributed by atoms with Gasteiger partial charge in [-0.1, -0.05) is 19.9 Å². The number of nitrogens with zero attached hydrogens (tertiary/aromatic N) is 1. The van der Waals surface area contributed by atoms with Crippen LogP contribution in [0.4, 0.5) is 5.69 Å². The molecule has 26 heavy (non-hydrogen) atoms. The van der Waals surface area contributed by atoms with Crippen LogP contribution in [0.5, 0.6) is 5.75 Å². The zero-order valence-corrected chi connectivity index (χ0v) is 15.5. The molecule has 2 N–H and O–H groups in total. The second kappa shape index (κ2) is 7.53. The highest BCUT2D eigenvalue weighted by molar-refractivity contribution is 7.80. The fourth-order valence-electron chi connectivity index (χ4n) is 2.30. The number of rotatable bonds is 4. The molecule has 3 rings (SSSR count). The molecule has 1 aromatic heterocycles. The van der Waals surface area contributed by atoms with Crippen molar-refractivity contribution in [2.75, 3.05) is 12.4 Å². The molecule has 0 spiro atoms. The number of benzene rings is 2. The van der Waals surface area contributed by atoms with Crippen LogP contribution in [0.25, 0.3) is 22.6 Å². The van der Waals surface area contributed by atoms with E-state index in [4.69, 9.17) is 21.4 Å².